The molecule has 110 valence electrons. The predicted octanol–water partition coefficient (Wildman–Crippen LogP) is 1.57. The highest BCUT2D eigenvalue weighted by atomic mass is 35.5. The van der Waals surface area contributed by atoms with Gasteiger partial charge >= 0.3 is 0 Å². The Bertz CT molecular complexity index is 241. The molecule has 0 radical (unpaired) electrons. The van der Waals surface area contributed by atoms with E-state index in [0.717, 1.165) is 6.42 Å². The molecule has 0 fully saturated rings. The van der Waals surface area contributed by atoms with Gasteiger partial charge in [0, 0.05) is 6.61 Å². The third kappa shape index (κ3) is 9.56. The van der Waals surface area contributed by atoms with Gasteiger partial charge in [-0.2, -0.15) is 0 Å². The zero-order chi connectivity index (χ0) is 13.5. The molecule has 0 saturated carbocycles. The van der Waals surface area contributed by atoms with E-state index >= 15 is 0 Å². The van der Waals surface area contributed by atoms with Crippen LogP contribution in [0.3, 0.4) is 0 Å². The molecule has 0 aromatic carbocycles. The second kappa shape index (κ2) is 9.47. The number of hydrogen-bond acceptors (Lipinski definition) is 3. The summed E-state index contributed by atoms with van der Waals surface area (Å²) in [5.74, 6) is -3.12. The van der Waals surface area contributed by atoms with E-state index in [1.807, 2.05) is 13.8 Å². The van der Waals surface area contributed by atoms with Gasteiger partial charge in [-0.25, -0.2) is 8.78 Å². The van der Waals surface area contributed by atoms with Crippen LogP contribution in [0.15, 0.2) is 0 Å². The Balaban J connectivity index is 0. The van der Waals surface area contributed by atoms with Crippen molar-refractivity contribution in [2.45, 2.75) is 39.2 Å². The second-order valence-electron chi connectivity index (χ2n) is 4.47. The first-order chi connectivity index (χ1) is 7.78. The highest BCUT2D eigenvalue weighted by Crippen LogP contribution is 2.09. The number of carbonyl (C=O) groups is 1. The van der Waals surface area contributed by atoms with Gasteiger partial charge in [-0.3, -0.25) is 4.79 Å². The maximum Gasteiger partial charge on any atom is 0.277 e. The summed E-state index contributed by atoms with van der Waals surface area (Å²) in [6.45, 7) is 4.53. The fourth-order valence-electron chi connectivity index (χ4n) is 0.989. The lowest BCUT2D eigenvalue weighted by molar-refractivity contribution is -0.133. The molecule has 0 saturated heterocycles. The highest BCUT2D eigenvalue weighted by Gasteiger charge is 2.28. The van der Waals surface area contributed by atoms with Crippen LogP contribution in [0.25, 0.3) is 0 Å². The number of amides is 1. The number of nitrogens with one attached hydrogen (secondary N) is 1. The molecule has 18 heavy (non-hydrogen) atoms. The third-order valence-electron chi connectivity index (χ3n) is 2.25. The minimum atomic E-state index is -3.06. The van der Waals surface area contributed by atoms with Crippen molar-refractivity contribution < 1.29 is 18.3 Å². The van der Waals surface area contributed by atoms with Crippen molar-refractivity contribution >= 4 is 18.3 Å². The molecule has 4 nitrogen and oxygen atoms in total. The van der Waals surface area contributed by atoms with Crippen LogP contribution in [0.4, 0.5) is 8.78 Å². The molecule has 1 unspecified atom stereocenters. The predicted molar refractivity (Wildman–Crippen MR) is 69.1 cm³/mol. The molecule has 0 aromatic rings. The van der Waals surface area contributed by atoms with Crippen LogP contribution in [0.2, 0.25) is 0 Å². The second-order valence-corrected chi connectivity index (χ2v) is 4.47. The minimum absolute atomic E-state index is 0. The van der Waals surface area contributed by atoms with Crippen LogP contribution >= 0.6 is 12.4 Å². The molecule has 0 rings (SSSR count). The van der Waals surface area contributed by atoms with E-state index < -0.39 is 31.0 Å². The Kier molecular flexibility index (Phi) is 10.5. The number of nitrogens with two attached hydrogens (primary N) is 1. The Hall–Kier alpha value is -0.460. The number of alkyl halides is 2. The van der Waals surface area contributed by atoms with Crippen molar-refractivity contribution in [3.63, 3.8) is 0 Å². The largest absolute Gasteiger partial charge is 0.369 e. The van der Waals surface area contributed by atoms with Crippen molar-refractivity contribution in [2.24, 2.45) is 11.7 Å². The first-order valence-electron chi connectivity index (χ1n) is 5.75. The summed E-state index contributed by atoms with van der Waals surface area (Å²) >= 11 is 0. The van der Waals surface area contributed by atoms with Gasteiger partial charge in [0.25, 0.3) is 5.92 Å². The van der Waals surface area contributed by atoms with Crippen LogP contribution in [-0.4, -0.2) is 37.6 Å². The van der Waals surface area contributed by atoms with Crippen LogP contribution in [0.5, 0.6) is 0 Å². The fraction of sp³-hybridized carbons (Fsp3) is 0.909. The van der Waals surface area contributed by atoms with Crippen molar-refractivity contribution in [3.8, 4) is 0 Å². The number of hydrogen-bond donors (Lipinski definition) is 2. The van der Waals surface area contributed by atoms with Gasteiger partial charge in [0.2, 0.25) is 5.91 Å². The van der Waals surface area contributed by atoms with Crippen LogP contribution in [0.1, 0.15) is 27.2 Å². The molecule has 7 heteroatoms. The Morgan fingerprint density at radius 1 is 1.39 bits per heavy atom. The molecule has 0 aliphatic rings. The lowest BCUT2D eigenvalue weighted by atomic mass is 10.1. The monoisotopic (exact) mass is 288 g/mol. The van der Waals surface area contributed by atoms with Crippen LogP contribution in [0, 0.1) is 5.92 Å². The molecular formula is C11H23ClF2N2O2. The summed E-state index contributed by atoms with van der Waals surface area (Å²) in [5.41, 5.74) is 4.85. The quantitative estimate of drug-likeness (QED) is 0.712. The van der Waals surface area contributed by atoms with Crippen molar-refractivity contribution in [1.29, 1.82) is 0 Å². The topological polar surface area (TPSA) is 64.3 Å². The van der Waals surface area contributed by atoms with Crippen LogP contribution < -0.4 is 11.1 Å². The average molecular weight is 289 g/mol. The first-order valence-corrected chi connectivity index (χ1v) is 5.75. The number of rotatable bonds is 8. The van der Waals surface area contributed by atoms with Gasteiger partial charge in [0.1, 0.15) is 6.10 Å². The van der Waals surface area contributed by atoms with Crippen molar-refractivity contribution in [1.82, 2.24) is 5.32 Å². The van der Waals surface area contributed by atoms with Gasteiger partial charge in [-0.15, -0.1) is 12.4 Å². The van der Waals surface area contributed by atoms with E-state index in [1.165, 1.54) is 6.92 Å². The van der Waals surface area contributed by atoms with Gasteiger partial charge < -0.3 is 15.8 Å². The number of halogens is 3. The van der Waals surface area contributed by atoms with Gasteiger partial charge in [-0.1, -0.05) is 13.8 Å². The van der Waals surface area contributed by atoms with Crippen LogP contribution in [-0.2, 0) is 9.53 Å². The molecule has 0 aliphatic carbocycles. The lowest BCUT2D eigenvalue weighted by Crippen LogP contribution is -2.44. The lowest BCUT2D eigenvalue weighted by Gasteiger charge is -2.17. The van der Waals surface area contributed by atoms with Crippen molar-refractivity contribution in [2.75, 3.05) is 19.7 Å². The maximum atomic E-state index is 12.8. The van der Waals surface area contributed by atoms with E-state index in [4.69, 9.17) is 10.5 Å². The van der Waals surface area contributed by atoms with E-state index in [9.17, 15) is 13.6 Å². The van der Waals surface area contributed by atoms with Gasteiger partial charge in [0.05, 0.1) is 13.1 Å². The van der Waals surface area contributed by atoms with E-state index in [0.29, 0.717) is 12.5 Å². The summed E-state index contributed by atoms with van der Waals surface area (Å²) in [6.07, 6.45) is 0.110. The first kappa shape index (κ1) is 19.9. The molecule has 1 atom stereocenters. The summed E-state index contributed by atoms with van der Waals surface area (Å²) in [6, 6.07) is 0. The fourth-order valence-corrected chi connectivity index (χ4v) is 0.989. The molecule has 0 aliphatic heterocycles. The van der Waals surface area contributed by atoms with Gasteiger partial charge in [0.15, 0.2) is 0 Å². The summed E-state index contributed by atoms with van der Waals surface area (Å²) < 4.78 is 30.7. The normalized spacial score (nSPS) is 13.1. The van der Waals surface area contributed by atoms with E-state index in [-0.39, 0.29) is 12.4 Å². The minimum Gasteiger partial charge on any atom is -0.369 e. The molecule has 0 bridgehead atoms. The Morgan fingerprint density at radius 2 is 1.94 bits per heavy atom. The maximum absolute atomic E-state index is 12.8. The summed E-state index contributed by atoms with van der Waals surface area (Å²) in [5, 5.41) is 2.12. The molecule has 0 aromatic heterocycles. The van der Waals surface area contributed by atoms with E-state index in [2.05, 4.69) is 5.32 Å². The standard InChI is InChI=1S/C11H22F2N2O2.ClH/c1-8(2)4-5-17-9(3)10(16)15-7-11(12,13)6-14;/h8-9H,4-7,14H2,1-3H3,(H,15,16);1H. The Labute approximate surface area is 113 Å². The zero-order valence-electron chi connectivity index (χ0n) is 11.0. The summed E-state index contributed by atoms with van der Waals surface area (Å²) in [4.78, 5) is 11.4. The Morgan fingerprint density at radius 3 is 2.39 bits per heavy atom. The number of carbonyl (C=O) groups excluding carboxylic acids is 1. The zero-order valence-corrected chi connectivity index (χ0v) is 11.9. The molecule has 1 amide bonds. The highest BCUT2D eigenvalue weighted by molar-refractivity contribution is 5.85. The van der Waals surface area contributed by atoms with E-state index in [1.54, 1.807) is 0 Å². The molecule has 0 spiro atoms. The average Bonchev–Trinajstić information content (AvgIpc) is 2.25. The number of ether oxygens (including phenoxy) is 1. The van der Waals surface area contributed by atoms with Gasteiger partial charge in [-0.05, 0) is 19.3 Å². The smallest absolute Gasteiger partial charge is 0.277 e. The summed E-state index contributed by atoms with van der Waals surface area (Å²) in [7, 11) is 0. The third-order valence-corrected chi connectivity index (χ3v) is 2.25. The molecule has 3 N–H and O–H groups in total. The molecule has 0 heterocycles. The SMILES string of the molecule is CC(C)CCOC(C)C(=O)NCC(F)(F)CN.Cl. The van der Waals surface area contributed by atoms with Crippen molar-refractivity contribution in [3.05, 3.63) is 0 Å². The molecular weight excluding hydrogens is 266 g/mol.